The number of nitrogens with zero attached hydrogens (tertiary/aromatic N) is 1. The lowest BCUT2D eigenvalue weighted by Gasteiger charge is -2.12. The van der Waals surface area contributed by atoms with Crippen molar-refractivity contribution in [1.82, 2.24) is 4.57 Å². The van der Waals surface area contributed by atoms with E-state index in [0.29, 0.717) is 34.5 Å². The molecule has 0 unspecified atom stereocenters. The molecular weight excluding hydrogens is 366 g/mol. The second kappa shape index (κ2) is 7.84. The van der Waals surface area contributed by atoms with Gasteiger partial charge in [-0.3, -0.25) is 0 Å². The van der Waals surface area contributed by atoms with Gasteiger partial charge in [0.1, 0.15) is 0 Å². The van der Waals surface area contributed by atoms with Gasteiger partial charge < -0.3 is 14.4 Å². The lowest BCUT2D eigenvalue weighted by atomic mass is 10.1. The molecule has 0 radical (unpaired) electrons. The number of aromatic carboxylic acids is 1. The first kappa shape index (κ1) is 19.0. The molecule has 6 heteroatoms. The molecule has 1 N–H and O–H groups in total. The Morgan fingerprint density at radius 1 is 1.19 bits per heavy atom. The highest BCUT2D eigenvalue weighted by Gasteiger charge is 2.23. The first-order valence-corrected chi connectivity index (χ1v) is 9.05. The molecule has 2 aromatic carbocycles. The monoisotopic (exact) mass is 385 g/mol. The number of carboxylic acid groups (broad SMARTS) is 1. The molecule has 0 saturated heterocycles. The predicted octanol–water partition coefficient (Wildman–Crippen LogP) is 4.78. The molecule has 0 spiro atoms. The van der Waals surface area contributed by atoms with Crippen LogP contribution < -0.4 is 0 Å². The fourth-order valence-electron chi connectivity index (χ4n) is 3.36. The van der Waals surface area contributed by atoms with E-state index in [9.17, 15) is 14.7 Å². The number of benzene rings is 2. The first-order chi connectivity index (χ1) is 13.0. The summed E-state index contributed by atoms with van der Waals surface area (Å²) in [6.07, 6.45) is 1.40. The van der Waals surface area contributed by atoms with Crippen LogP contribution in [0.5, 0.6) is 0 Å². The van der Waals surface area contributed by atoms with E-state index in [4.69, 9.17) is 16.3 Å². The third-order valence-corrected chi connectivity index (χ3v) is 4.95. The quantitative estimate of drug-likeness (QED) is 0.620. The Kier molecular flexibility index (Phi) is 5.51. The van der Waals surface area contributed by atoms with Crippen LogP contribution >= 0.6 is 11.6 Å². The van der Waals surface area contributed by atoms with Gasteiger partial charge in [-0.1, -0.05) is 49.2 Å². The predicted molar refractivity (Wildman–Crippen MR) is 105 cm³/mol. The van der Waals surface area contributed by atoms with Gasteiger partial charge in [0.15, 0.2) is 0 Å². The molecule has 27 heavy (non-hydrogen) atoms. The highest BCUT2D eigenvalue weighted by molar-refractivity contribution is 6.31. The van der Waals surface area contributed by atoms with Crippen LogP contribution in [-0.4, -0.2) is 28.7 Å². The Morgan fingerprint density at radius 2 is 1.93 bits per heavy atom. The highest BCUT2D eigenvalue weighted by atomic mass is 35.5. The van der Waals surface area contributed by atoms with Crippen molar-refractivity contribution in [3.05, 3.63) is 69.9 Å². The number of hydrogen-bond donors (Lipinski definition) is 1. The Hall–Kier alpha value is -2.79. The van der Waals surface area contributed by atoms with Gasteiger partial charge in [0.25, 0.3) is 0 Å². The van der Waals surface area contributed by atoms with Gasteiger partial charge in [-0.15, -0.1) is 0 Å². The zero-order valence-corrected chi connectivity index (χ0v) is 15.9. The second-order valence-electron chi connectivity index (χ2n) is 6.28. The molecule has 1 aromatic heterocycles. The number of esters is 1. The fourth-order valence-corrected chi connectivity index (χ4v) is 3.56. The van der Waals surface area contributed by atoms with E-state index in [-0.39, 0.29) is 5.56 Å². The van der Waals surface area contributed by atoms with Crippen molar-refractivity contribution in [2.45, 2.75) is 26.3 Å². The Balaban J connectivity index is 2.29. The average Bonchev–Trinajstić information content (AvgIpc) is 2.96. The fraction of sp³-hybridized carbons (Fsp3) is 0.238. The van der Waals surface area contributed by atoms with Gasteiger partial charge >= 0.3 is 11.9 Å². The number of halogens is 1. The molecule has 3 rings (SSSR count). The van der Waals surface area contributed by atoms with Gasteiger partial charge in [-0.05, 0) is 30.2 Å². The molecule has 5 nitrogen and oxygen atoms in total. The molecular formula is C21H20ClNO4. The molecule has 0 amide bonds. The largest absolute Gasteiger partial charge is 0.478 e. The molecule has 0 saturated carbocycles. The summed E-state index contributed by atoms with van der Waals surface area (Å²) in [5.74, 6) is -1.44. The zero-order valence-electron chi connectivity index (χ0n) is 15.2. The van der Waals surface area contributed by atoms with Crippen molar-refractivity contribution in [3.63, 3.8) is 0 Å². The van der Waals surface area contributed by atoms with E-state index >= 15 is 0 Å². The van der Waals surface area contributed by atoms with E-state index in [1.807, 2.05) is 29.7 Å². The van der Waals surface area contributed by atoms with Gasteiger partial charge in [0.05, 0.1) is 23.8 Å². The number of carbonyl (C=O) groups is 2. The molecule has 0 aliphatic rings. The third-order valence-electron chi connectivity index (χ3n) is 4.58. The number of carbonyl (C=O) groups excluding carboxylic acids is 1. The van der Waals surface area contributed by atoms with Crippen molar-refractivity contribution in [2.75, 3.05) is 7.11 Å². The lowest BCUT2D eigenvalue weighted by Crippen LogP contribution is -2.09. The van der Waals surface area contributed by atoms with Crippen LogP contribution in [0.4, 0.5) is 0 Å². The molecule has 0 fully saturated rings. The number of hydrogen-bond acceptors (Lipinski definition) is 3. The molecule has 0 aliphatic heterocycles. The maximum absolute atomic E-state index is 12.0. The third kappa shape index (κ3) is 3.55. The zero-order chi connectivity index (χ0) is 19.6. The van der Waals surface area contributed by atoms with Crippen LogP contribution in [0, 0.1) is 0 Å². The number of rotatable bonds is 6. The standard InChI is InChI=1S/C21H20ClNO4/c1-3-6-17-19(20(24)25)15-10-9-13(21(26)27-2)11-18(15)23(17)12-14-7-4-5-8-16(14)22/h4-5,7-11H,3,6,12H2,1-2H3,(H,24,25). The Morgan fingerprint density at radius 3 is 2.56 bits per heavy atom. The maximum atomic E-state index is 12.0. The molecule has 0 bridgehead atoms. The number of aromatic nitrogens is 1. The van der Waals surface area contributed by atoms with E-state index in [1.54, 1.807) is 24.3 Å². The van der Waals surface area contributed by atoms with E-state index in [2.05, 4.69) is 0 Å². The van der Waals surface area contributed by atoms with Crippen LogP contribution in [0.15, 0.2) is 42.5 Å². The van der Waals surface area contributed by atoms with Crippen molar-refractivity contribution in [3.8, 4) is 0 Å². The van der Waals surface area contributed by atoms with Crippen molar-refractivity contribution < 1.29 is 19.4 Å². The van der Waals surface area contributed by atoms with Crippen molar-refractivity contribution in [1.29, 1.82) is 0 Å². The van der Waals surface area contributed by atoms with Gasteiger partial charge in [-0.25, -0.2) is 9.59 Å². The van der Waals surface area contributed by atoms with Crippen LogP contribution in [0.25, 0.3) is 10.9 Å². The normalized spacial score (nSPS) is 10.9. The minimum Gasteiger partial charge on any atom is -0.478 e. The molecule has 3 aromatic rings. The smallest absolute Gasteiger partial charge is 0.338 e. The minimum atomic E-state index is -0.979. The molecule has 1 heterocycles. The van der Waals surface area contributed by atoms with Crippen LogP contribution in [0.1, 0.15) is 45.3 Å². The summed E-state index contributed by atoms with van der Waals surface area (Å²) in [5, 5.41) is 11.0. The summed E-state index contributed by atoms with van der Waals surface area (Å²) in [5.41, 5.74) is 2.94. The van der Waals surface area contributed by atoms with E-state index < -0.39 is 11.9 Å². The van der Waals surface area contributed by atoms with Crippen LogP contribution in [-0.2, 0) is 17.7 Å². The van der Waals surface area contributed by atoms with Crippen molar-refractivity contribution >= 4 is 34.4 Å². The average molecular weight is 386 g/mol. The van der Waals surface area contributed by atoms with Gasteiger partial charge in [0, 0.05) is 22.6 Å². The number of ether oxygens (including phenoxy) is 1. The van der Waals surface area contributed by atoms with Crippen LogP contribution in [0.2, 0.25) is 5.02 Å². The molecule has 140 valence electrons. The van der Waals surface area contributed by atoms with Crippen molar-refractivity contribution in [2.24, 2.45) is 0 Å². The summed E-state index contributed by atoms with van der Waals surface area (Å²) >= 11 is 6.32. The summed E-state index contributed by atoms with van der Waals surface area (Å²) in [7, 11) is 1.32. The Bertz CT molecular complexity index is 1020. The Labute approximate surface area is 162 Å². The molecule has 0 aliphatic carbocycles. The summed E-state index contributed by atoms with van der Waals surface area (Å²) in [4.78, 5) is 24.0. The maximum Gasteiger partial charge on any atom is 0.338 e. The number of carboxylic acids is 1. The lowest BCUT2D eigenvalue weighted by molar-refractivity contribution is 0.0600. The summed E-state index contributed by atoms with van der Waals surface area (Å²) in [6.45, 7) is 2.42. The second-order valence-corrected chi connectivity index (χ2v) is 6.69. The number of methoxy groups -OCH3 is 1. The SMILES string of the molecule is CCCc1c(C(=O)O)c2ccc(C(=O)OC)cc2n1Cc1ccccc1Cl. The van der Waals surface area contributed by atoms with E-state index in [0.717, 1.165) is 17.7 Å². The minimum absolute atomic E-state index is 0.273. The summed E-state index contributed by atoms with van der Waals surface area (Å²) < 4.78 is 6.75. The van der Waals surface area contributed by atoms with Gasteiger partial charge in [-0.2, -0.15) is 0 Å². The van der Waals surface area contributed by atoms with Crippen LogP contribution in [0.3, 0.4) is 0 Å². The topological polar surface area (TPSA) is 68.5 Å². The highest BCUT2D eigenvalue weighted by Crippen LogP contribution is 2.30. The van der Waals surface area contributed by atoms with E-state index in [1.165, 1.54) is 7.11 Å². The first-order valence-electron chi connectivity index (χ1n) is 8.68. The van der Waals surface area contributed by atoms with Gasteiger partial charge in [0.2, 0.25) is 0 Å². The summed E-state index contributed by atoms with van der Waals surface area (Å²) in [6, 6.07) is 12.4. The molecule has 0 atom stereocenters. The number of fused-ring (bicyclic) bond motifs is 1.